The van der Waals surface area contributed by atoms with Gasteiger partial charge in [-0.05, 0) is 38.0 Å². The third kappa shape index (κ3) is 5.18. The van der Waals surface area contributed by atoms with Crippen molar-refractivity contribution in [2.45, 2.75) is 35.9 Å². The summed E-state index contributed by atoms with van der Waals surface area (Å²) in [6.07, 6.45) is 0.481. The van der Waals surface area contributed by atoms with Crippen molar-refractivity contribution < 1.29 is 13.2 Å². The summed E-state index contributed by atoms with van der Waals surface area (Å²) < 4.78 is 23.6. The number of nitrogens with one attached hydrogen (secondary N) is 2. The molecule has 1 aliphatic heterocycles. The molecule has 140 valence electrons. The summed E-state index contributed by atoms with van der Waals surface area (Å²) in [5, 5.41) is 14.5. The van der Waals surface area contributed by atoms with Gasteiger partial charge < -0.3 is 10.6 Å². The predicted molar refractivity (Wildman–Crippen MR) is 105 cm³/mol. The Morgan fingerprint density at radius 2 is 2.19 bits per heavy atom. The van der Waals surface area contributed by atoms with Gasteiger partial charge in [-0.15, -0.1) is 10.2 Å². The first-order valence-corrected chi connectivity index (χ1v) is 11.7. The lowest BCUT2D eigenvalue weighted by atomic mass is 10.2. The summed E-state index contributed by atoms with van der Waals surface area (Å²) in [4.78, 5) is 12.3. The Morgan fingerprint density at radius 3 is 2.88 bits per heavy atom. The van der Waals surface area contributed by atoms with E-state index >= 15 is 0 Å². The van der Waals surface area contributed by atoms with Crippen LogP contribution in [-0.2, 0) is 14.6 Å². The van der Waals surface area contributed by atoms with E-state index in [2.05, 4.69) is 20.8 Å². The molecule has 7 nitrogen and oxygen atoms in total. The first kappa shape index (κ1) is 19.1. The molecule has 2 aromatic rings. The van der Waals surface area contributed by atoms with Gasteiger partial charge in [0, 0.05) is 11.7 Å². The van der Waals surface area contributed by atoms with Crippen LogP contribution in [0.3, 0.4) is 0 Å². The van der Waals surface area contributed by atoms with Crippen molar-refractivity contribution in [3.63, 3.8) is 0 Å². The molecule has 0 unspecified atom stereocenters. The Labute approximate surface area is 160 Å². The second-order valence-electron chi connectivity index (χ2n) is 6.24. The minimum Gasteiger partial charge on any atom is -0.351 e. The highest BCUT2D eigenvalue weighted by Gasteiger charge is 2.30. The summed E-state index contributed by atoms with van der Waals surface area (Å²) in [6.45, 7) is 3.79. The molecular weight excluding hydrogens is 392 g/mol. The van der Waals surface area contributed by atoms with Gasteiger partial charge in [-0.1, -0.05) is 35.2 Å². The summed E-state index contributed by atoms with van der Waals surface area (Å²) >= 11 is 2.69. The van der Waals surface area contributed by atoms with Crippen molar-refractivity contribution in [2.75, 3.05) is 16.8 Å². The van der Waals surface area contributed by atoms with Gasteiger partial charge in [0.25, 0.3) is 0 Å². The zero-order chi connectivity index (χ0) is 18.7. The van der Waals surface area contributed by atoms with E-state index in [4.69, 9.17) is 0 Å². The molecule has 1 fully saturated rings. The summed E-state index contributed by atoms with van der Waals surface area (Å²) in [6, 6.07) is 7.66. The molecule has 26 heavy (non-hydrogen) atoms. The van der Waals surface area contributed by atoms with Crippen molar-refractivity contribution in [1.82, 2.24) is 15.5 Å². The number of carbonyl (C=O) groups is 1. The lowest BCUT2D eigenvalue weighted by Gasteiger charge is -2.14. The Bertz CT molecular complexity index is 898. The van der Waals surface area contributed by atoms with Crippen LogP contribution in [0.15, 0.2) is 28.6 Å². The zero-order valence-electron chi connectivity index (χ0n) is 14.4. The minimum absolute atomic E-state index is 0.0273. The first-order valence-electron chi connectivity index (χ1n) is 8.15. The van der Waals surface area contributed by atoms with Crippen molar-refractivity contribution in [1.29, 1.82) is 0 Å². The molecule has 1 saturated heterocycles. The van der Waals surface area contributed by atoms with Crippen LogP contribution in [0.1, 0.15) is 18.9 Å². The molecule has 0 bridgehead atoms. The molecule has 3 rings (SSSR count). The molecule has 1 aromatic heterocycles. The van der Waals surface area contributed by atoms with Crippen molar-refractivity contribution in [3.05, 3.63) is 29.8 Å². The third-order valence-corrected chi connectivity index (χ3v) is 7.69. The molecule has 0 spiro atoms. The summed E-state index contributed by atoms with van der Waals surface area (Å²) in [5.74, 6) is -0.0101. The van der Waals surface area contributed by atoms with Gasteiger partial charge in [-0.2, -0.15) is 0 Å². The molecule has 1 aliphatic rings. The maximum atomic E-state index is 12.3. The number of hydrogen-bond donors (Lipinski definition) is 2. The normalized spacial score (nSPS) is 19.8. The van der Waals surface area contributed by atoms with Gasteiger partial charge in [-0.3, -0.25) is 4.79 Å². The Kier molecular flexibility index (Phi) is 5.83. The maximum Gasteiger partial charge on any atom is 0.233 e. The average molecular weight is 413 g/mol. The molecule has 10 heteroatoms. The van der Waals surface area contributed by atoms with Crippen LogP contribution in [0.4, 0.5) is 10.8 Å². The molecule has 2 N–H and O–H groups in total. The molecule has 1 aromatic carbocycles. The average Bonchev–Trinajstić information content (AvgIpc) is 3.13. The minimum atomic E-state index is -3.01. The molecule has 0 aliphatic carbocycles. The van der Waals surface area contributed by atoms with Crippen molar-refractivity contribution in [2.24, 2.45) is 0 Å². The number of rotatable bonds is 6. The fourth-order valence-corrected chi connectivity index (χ4v) is 6.19. The molecule has 2 atom stereocenters. The monoisotopic (exact) mass is 412 g/mol. The summed E-state index contributed by atoms with van der Waals surface area (Å²) in [5.41, 5.74) is 2.08. The SMILES string of the molecule is Cc1cccc(Nc2nnc(S[C@@H](C)C(=O)N[C@H]3CCS(=O)(=O)C3)s2)c1. The van der Waals surface area contributed by atoms with E-state index in [0.717, 1.165) is 11.3 Å². The van der Waals surface area contributed by atoms with Crippen LogP contribution >= 0.6 is 23.1 Å². The number of benzene rings is 1. The molecular formula is C16H20N4O3S3. The largest absolute Gasteiger partial charge is 0.351 e. The van der Waals surface area contributed by atoms with Crippen molar-refractivity contribution in [3.8, 4) is 0 Å². The number of amides is 1. The van der Waals surface area contributed by atoms with E-state index in [1.807, 2.05) is 31.2 Å². The highest BCUT2D eigenvalue weighted by atomic mass is 32.2. The fraction of sp³-hybridized carbons (Fsp3) is 0.438. The Morgan fingerprint density at radius 1 is 1.38 bits per heavy atom. The smallest absolute Gasteiger partial charge is 0.233 e. The zero-order valence-corrected chi connectivity index (χ0v) is 16.9. The van der Waals surface area contributed by atoms with E-state index in [1.165, 1.54) is 23.1 Å². The lowest BCUT2D eigenvalue weighted by molar-refractivity contribution is -0.120. The van der Waals surface area contributed by atoms with Gasteiger partial charge in [-0.25, -0.2) is 8.42 Å². The van der Waals surface area contributed by atoms with Gasteiger partial charge in [0.05, 0.1) is 16.8 Å². The quantitative estimate of drug-likeness (QED) is 0.703. The topological polar surface area (TPSA) is 101 Å². The second-order valence-corrected chi connectivity index (χ2v) is 11.0. The number of nitrogens with zero attached hydrogens (tertiary/aromatic N) is 2. The number of hydrogen-bond acceptors (Lipinski definition) is 8. The van der Waals surface area contributed by atoms with E-state index < -0.39 is 9.84 Å². The van der Waals surface area contributed by atoms with Crippen LogP contribution in [0.25, 0.3) is 0 Å². The maximum absolute atomic E-state index is 12.3. The lowest BCUT2D eigenvalue weighted by Crippen LogP contribution is -2.39. The van der Waals surface area contributed by atoms with Crippen LogP contribution in [0.5, 0.6) is 0 Å². The number of anilines is 2. The second kappa shape index (κ2) is 7.93. The Hall–Kier alpha value is -1.65. The number of aryl methyl sites for hydroxylation is 1. The van der Waals surface area contributed by atoms with Gasteiger partial charge in [0.1, 0.15) is 0 Å². The van der Waals surface area contributed by atoms with Crippen LogP contribution in [0, 0.1) is 6.92 Å². The molecule has 2 heterocycles. The van der Waals surface area contributed by atoms with Gasteiger partial charge >= 0.3 is 0 Å². The van der Waals surface area contributed by atoms with Crippen LogP contribution < -0.4 is 10.6 Å². The van der Waals surface area contributed by atoms with E-state index in [1.54, 1.807) is 6.92 Å². The molecule has 0 radical (unpaired) electrons. The number of sulfone groups is 1. The van der Waals surface area contributed by atoms with E-state index in [0.29, 0.717) is 15.9 Å². The molecule has 1 amide bonds. The highest BCUT2D eigenvalue weighted by molar-refractivity contribution is 8.02. The third-order valence-electron chi connectivity index (χ3n) is 3.90. The number of carbonyl (C=O) groups excluding carboxylic acids is 1. The molecule has 0 saturated carbocycles. The predicted octanol–water partition coefficient (Wildman–Crippen LogP) is 2.37. The standard InChI is InChI=1S/C16H20N4O3S3/c1-10-4-3-5-12(8-10)18-15-19-20-16(25-15)24-11(2)14(21)17-13-6-7-26(22,23)9-13/h3-5,8,11,13H,6-7,9H2,1-2H3,(H,17,21)(H,18,19)/t11-,13-/m0/s1. The van der Waals surface area contributed by atoms with E-state index in [9.17, 15) is 13.2 Å². The Balaban J connectivity index is 1.54. The summed E-state index contributed by atoms with van der Waals surface area (Å²) in [7, 11) is -3.01. The van der Waals surface area contributed by atoms with E-state index in [-0.39, 0.29) is 28.7 Å². The van der Waals surface area contributed by atoms with Crippen LogP contribution in [-0.4, -0.2) is 47.3 Å². The van der Waals surface area contributed by atoms with Gasteiger partial charge in [0.15, 0.2) is 14.2 Å². The first-order chi connectivity index (χ1) is 12.3. The number of thioether (sulfide) groups is 1. The fourth-order valence-electron chi connectivity index (χ4n) is 2.59. The van der Waals surface area contributed by atoms with Crippen LogP contribution in [0.2, 0.25) is 0 Å². The highest BCUT2D eigenvalue weighted by Crippen LogP contribution is 2.30. The number of aromatic nitrogens is 2. The van der Waals surface area contributed by atoms with Crippen molar-refractivity contribution >= 4 is 49.7 Å². The van der Waals surface area contributed by atoms with Gasteiger partial charge in [0.2, 0.25) is 11.0 Å².